The van der Waals surface area contributed by atoms with E-state index in [-0.39, 0.29) is 19.5 Å². The maximum atomic E-state index is 15.0. The lowest BCUT2D eigenvalue weighted by atomic mass is 10.1. The lowest BCUT2D eigenvalue weighted by Gasteiger charge is -2.22. The molecule has 29 heavy (non-hydrogen) atoms. The number of pyridine rings is 1. The van der Waals surface area contributed by atoms with E-state index in [0.29, 0.717) is 38.6 Å². The van der Waals surface area contributed by atoms with E-state index in [9.17, 15) is 8.78 Å². The van der Waals surface area contributed by atoms with E-state index in [1.165, 1.54) is 0 Å². The van der Waals surface area contributed by atoms with Crippen molar-refractivity contribution >= 4 is 33.5 Å². The zero-order chi connectivity index (χ0) is 20.3. The fraction of sp³-hybridized carbons (Fsp3) is 0.368. The van der Waals surface area contributed by atoms with E-state index in [0.717, 1.165) is 0 Å². The lowest BCUT2D eigenvalue weighted by Crippen LogP contribution is -2.30. The molecule has 1 atom stereocenters. The Balaban J connectivity index is 1.79. The van der Waals surface area contributed by atoms with Gasteiger partial charge in [0.25, 0.3) is 5.92 Å². The number of imidazole rings is 1. The number of likely N-dealkylation sites (tertiary alicyclic amines) is 1. The molecule has 1 fully saturated rings. The highest BCUT2D eigenvalue weighted by Crippen LogP contribution is 2.40. The number of aryl methyl sites for hydroxylation is 1. The van der Waals surface area contributed by atoms with Gasteiger partial charge in [0.15, 0.2) is 5.82 Å². The maximum Gasteiger partial charge on any atom is 0.282 e. The van der Waals surface area contributed by atoms with E-state index in [1.54, 1.807) is 59.0 Å². The van der Waals surface area contributed by atoms with Gasteiger partial charge in [-0.15, -0.1) is 0 Å². The van der Waals surface area contributed by atoms with Gasteiger partial charge in [0.05, 0.1) is 30.2 Å². The smallest absolute Gasteiger partial charge is 0.282 e. The Hall–Kier alpha value is -2.65. The van der Waals surface area contributed by atoms with Crippen LogP contribution in [0.15, 0.2) is 30.7 Å². The van der Waals surface area contributed by atoms with Gasteiger partial charge in [0.2, 0.25) is 0 Å². The molecule has 0 bridgehead atoms. The third kappa shape index (κ3) is 3.05. The van der Waals surface area contributed by atoms with Crippen molar-refractivity contribution in [1.29, 1.82) is 0 Å². The molecule has 1 saturated heterocycles. The standard InChI is InChI=1S/C19H18ClF2N7/c1-27-8-15(19(21,22)9-27)29-17(6-16-24-10-28(2)26-16)25-14-7-23-13-4-3-11(20)5-12(13)18(14)29/h3-5,7,10,15H,6,8-9H2,1-2H3. The highest BCUT2D eigenvalue weighted by Gasteiger charge is 2.49. The first-order chi connectivity index (χ1) is 13.8. The van der Waals surface area contributed by atoms with E-state index in [4.69, 9.17) is 11.6 Å². The SMILES string of the molecule is CN1CC(n2c(Cc3ncn(C)n3)nc3cnc4ccc(Cl)cc4c32)C(F)(F)C1. The van der Waals surface area contributed by atoms with Crippen LogP contribution in [0.25, 0.3) is 21.9 Å². The summed E-state index contributed by atoms with van der Waals surface area (Å²) in [4.78, 5) is 14.9. The molecule has 7 nitrogen and oxygen atoms in total. The van der Waals surface area contributed by atoms with Gasteiger partial charge in [-0.2, -0.15) is 5.10 Å². The second kappa shape index (κ2) is 6.43. The Morgan fingerprint density at radius 3 is 2.72 bits per heavy atom. The Morgan fingerprint density at radius 1 is 1.21 bits per heavy atom. The first-order valence-corrected chi connectivity index (χ1v) is 9.55. The number of rotatable bonds is 3. The average Bonchev–Trinajstić information content (AvgIpc) is 3.29. The van der Waals surface area contributed by atoms with E-state index in [2.05, 4.69) is 20.1 Å². The molecule has 0 amide bonds. The molecule has 0 spiro atoms. The highest BCUT2D eigenvalue weighted by molar-refractivity contribution is 6.31. The summed E-state index contributed by atoms with van der Waals surface area (Å²) in [6, 6.07) is 4.22. The molecule has 4 aromatic rings. The van der Waals surface area contributed by atoms with E-state index in [1.807, 2.05) is 0 Å². The minimum Gasteiger partial charge on any atom is -0.316 e. The molecular formula is C19H18ClF2N7. The van der Waals surface area contributed by atoms with Crippen LogP contribution in [0.1, 0.15) is 17.7 Å². The molecule has 5 rings (SSSR count). The molecular weight excluding hydrogens is 400 g/mol. The number of fused-ring (bicyclic) bond motifs is 3. The normalized spacial score (nSPS) is 19.6. The highest BCUT2D eigenvalue weighted by atomic mass is 35.5. The summed E-state index contributed by atoms with van der Waals surface area (Å²) in [6.45, 7) is -0.0894. The molecule has 1 aliphatic rings. The van der Waals surface area contributed by atoms with Crippen molar-refractivity contribution in [3.8, 4) is 0 Å². The molecule has 0 radical (unpaired) electrons. The number of halogens is 3. The topological polar surface area (TPSA) is 64.7 Å². The minimum absolute atomic E-state index is 0.214. The second-order valence-corrected chi connectivity index (χ2v) is 7.97. The Bertz CT molecular complexity index is 1230. The van der Waals surface area contributed by atoms with E-state index >= 15 is 0 Å². The van der Waals surface area contributed by atoms with Crippen LogP contribution >= 0.6 is 11.6 Å². The lowest BCUT2D eigenvalue weighted by molar-refractivity contribution is -0.0200. The van der Waals surface area contributed by atoms with Crippen LogP contribution in [0.2, 0.25) is 5.02 Å². The summed E-state index contributed by atoms with van der Waals surface area (Å²) in [5, 5.41) is 5.51. The molecule has 150 valence electrons. The molecule has 3 aromatic heterocycles. The average molecular weight is 418 g/mol. The summed E-state index contributed by atoms with van der Waals surface area (Å²) in [7, 11) is 3.46. The van der Waals surface area contributed by atoms with Crippen molar-refractivity contribution in [3.05, 3.63) is 47.4 Å². The van der Waals surface area contributed by atoms with Crippen molar-refractivity contribution in [2.75, 3.05) is 20.1 Å². The molecule has 0 aliphatic carbocycles. The van der Waals surface area contributed by atoms with Gasteiger partial charge in [0.1, 0.15) is 23.7 Å². The summed E-state index contributed by atoms with van der Waals surface area (Å²) < 4.78 is 33.2. The Labute approximate surface area is 169 Å². The van der Waals surface area contributed by atoms with Gasteiger partial charge in [0, 0.05) is 24.0 Å². The Kier molecular flexibility index (Phi) is 4.08. The first kappa shape index (κ1) is 18.4. The quantitative estimate of drug-likeness (QED) is 0.512. The summed E-state index contributed by atoms with van der Waals surface area (Å²) in [5.41, 5.74) is 1.85. The molecule has 1 aromatic carbocycles. The number of hydrogen-bond donors (Lipinski definition) is 0. The summed E-state index contributed by atoms with van der Waals surface area (Å²) in [6.07, 6.45) is 3.44. The third-order valence-electron chi connectivity index (χ3n) is 5.28. The predicted octanol–water partition coefficient (Wildman–Crippen LogP) is 3.08. The van der Waals surface area contributed by atoms with Crippen molar-refractivity contribution in [2.45, 2.75) is 18.4 Å². The van der Waals surface area contributed by atoms with Crippen molar-refractivity contribution in [1.82, 2.24) is 34.2 Å². The van der Waals surface area contributed by atoms with Crippen molar-refractivity contribution in [3.63, 3.8) is 0 Å². The Morgan fingerprint density at radius 2 is 2.03 bits per heavy atom. The maximum absolute atomic E-state index is 15.0. The van der Waals surface area contributed by atoms with Gasteiger partial charge < -0.3 is 4.57 Å². The number of likely N-dealkylation sites (N-methyl/N-ethyl adjacent to an activating group) is 1. The molecule has 10 heteroatoms. The number of alkyl halides is 2. The van der Waals surface area contributed by atoms with Crippen LogP contribution < -0.4 is 0 Å². The van der Waals surface area contributed by atoms with Crippen molar-refractivity contribution in [2.24, 2.45) is 7.05 Å². The van der Waals surface area contributed by atoms with Gasteiger partial charge in [-0.25, -0.2) is 18.7 Å². The minimum atomic E-state index is -2.90. The molecule has 4 heterocycles. The van der Waals surface area contributed by atoms with Crippen molar-refractivity contribution < 1.29 is 8.78 Å². The molecule has 0 N–H and O–H groups in total. The zero-order valence-electron chi connectivity index (χ0n) is 15.8. The second-order valence-electron chi connectivity index (χ2n) is 7.54. The fourth-order valence-corrected chi connectivity index (χ4v) is 4.27. The number of aromatic nitrogens is 6. The number of hydrogen-bond acceptors (Lipinski definition) is 5. The van der Waals surface area contributed by atoms with Crippen LogP contribution in [0, 0.1) is 0 Å². The fourth-order valence-electron chi connectivity index (χ4n) is 4.09. The van der Waals surface area contributed by atoms with Crippen LogP contribution in [0.3, 0.4) is 0 Å². The van der Waals surface area contributed by atoms with Gasteiger partial charge in [-0.05, 0) is 25.2 Å². The van der Waals surface area contributed by atoms with Crippen LogP contribution in [0.4, 0.5) is 8.78 Å². The molecule has 1 aliphatic heterocycles. The van der Waals surface area contributed by atoms with Gasteiger partial charge in [-0.1, -0.05) is 11.6 Å². The van der Waals surface area contributed by atoms with Gasteiger partial charge >= 0.3 is 0 Å². The monoisotopic (exact) mass is 417 g/mol. The third-order valence-corrected chi connectivity index (χ3v) is 5.51. The van der Waals surface area contributed by atoms with Gasteiger partial charge in [-0.3, -0.25) is 14.6 Å². The van der Waals surface area contributed by atoms with Crippen LogP contribution in [-0.2, 0) is 13.5 Å². The largest absolute Gasteiger partial charge is 0.316 e. The zero-order valence-corrected chi connectivity index (χ0v) is 16.6. The predicted molar refractivity (Wildman–Crippen MR) is 105 cm³/mol. The summed E-state index contributed by atoms with van der Waals surface area (Å²) in [5.74, 6) is -1.89. The number of benzene rings is 1. The van der Waals surface area contributed by atoms with Crippen LogP contribution in [0.5, 0.6) is 0 Å². The van der Waals surface area contributed by atoms with Crippen LogP contribution in [-0.4, -0.2) is 60.3 Å². The number of nitrogens with zero attached hydrogens (tertiary/aromatic N) is 7. The molecule has 1 unspecified atom stereocenters. The van der Waals surface area contributed by atoms with E-state index < -0.39 is 12.0 Å². The first-order valence-electron chi connectivity index (χ1n) is 9.18. The molecule has 0 saturated carbocycles. The summed E-state index contributed by atoms with van der Waals surface area (Å²) >= 11 is 6.21.